The van der Waals surface area contributed by atoms with Gasteiger partial charge in [0.15, 0.2) is 0 Å². The molecular weight excluding hydrogens is 208 g/mol. The Labute approximate surface area is 94.8 Å². The topological polar surface area (TPSA) is 42.7 Å². The number of hydrogen-bond acceptors (Lipinski definition) is 4. The summed E-state index contributed by atoms with van der Waals surface area (Å²) in [5.41, 5.74) is 0. The lowest BCUT2D eigenvalue weighted by atomic mass is 10.00. The van der Waals surface area contributed by atoms with E-state index in [4.69, 9.17) is 0 Å². The van der Waals surface area contributed by atoms with Crippen molar-refractivity contribution in [3.63, 3.8) is 0 Å². The fraction of sp³-hybridized carbons (Fsp3) is 0.800. The average Bonchev–Trinajstić information content (AvgIpc) is 2.87. The van der Waals surface area contributed by atoms with Gasteiger partial charge in [0, 0.05) is 24.8 Å². The first kappa shape index (κ1) is 11.0. The SMILES string of the molecule is CCn1ncnc1CC1CSCC1NC. The summed E-state index contributed by atoms with van der Waals surface area (Å²) >= 11 is 2.03. The second kappa shape index (κ2) is 4.99. The maximum atomic E-state index is 4.33. The van der Waals surface area contributed by atoms with Crippen LogP contribution in [0.1, 0.15) is 12.7 Å². The number of nitrogens with zero attached hydrogens (tertiary/aromatic N) is 3. The number of rotatable bonds is 4. The highest BCUT2D eigenvalue weighted by atomic mass is 32.2. The monoisotopic (exact) mass is 226 g/mol. The second-order valence-electron chi connectivity index (χ2n) is 3.89. The largest absolute Gasteiger partial charge is 0.316 e. The summed E-state index contributed by atoms with van der Waals surface area (Å²) in [4.78, 5) is 4.33. The molecule has 0 saturated carbocycles. The lowest BCUT2D eigenvalue weighted by molar-refractivity contribution is 0.433. The van der Waals surface area contributed by atoms with E-state index < -0.39 is 0 Å². The highest BCUT2D eigenvalue weighted by molar-refractivity contribution is 7.99. The molecule has 84 valence electrons. The third kappa shape index (κ3) is 2.34. The molecule has 0 amide bonds. The number of thioether (sulfide) groups is 1. The van der Waals surface area contributed by atoms with Gasteiger partial charge in [0.1, 0.15) is 12.2 Å². The third-order valence-electron chi connectivity index (χ3n) is 3.01. The van der Waals surface area contributed by atoms with Crippen LogP contribution in [0, 0.1) is 5.92 Å². The van der Waals surface area contributed by atoms with Crippen molar-refractivity contribution >= 4 is 11.8 Å². The molecule has 0 aliphatic carbocycles. The molecule has 1 saturated heterocycles. The van der Waals surface area contributed by atoms with Crippen LogP contribution in [0.2, 0.25) is 0 Å². The number of aryl methyl sites for hydroxylation is 1. The van der Waals surface area contributed by atoms with Gasteiger partial charge in [-0.05, 0) is 25.6 Å². The number of aromatic nitrogens is 3. The van der Waals surface area contributed by atoms with E-state index in [0.717, 1.165) is 18.8 Å². The van der Waals surface area contributed by atoms with E-state index in [9.17, 15) is 0 Å². The van der Waals surface area contributed by atoms with Crippen LogP contribution in [0.15, 0.2) is 6.33 Å². The molecule has 0 aromatic carbocycles. The van der Waals surface area contributed by atoms with Gasteiger partial charge < -0.3 is 5.32 Å². The minimum atomic E-state index is 0.636. The molecule has 4 nitrogen and oxygen atoms in total. The molecule has 1 aliphatic heterocycles. The molecule has 0 bridgehead atoms. The summed E-state index contributed by atoms with van der Waals surface area (Å²) in [7, 11) is 2.05. The van der Waals surface area contributed by atoms with Crippen molar-refractivity contribution in [2.75, 3.05) is 18.6 Å². The van der Waals surface area contributed by atoms with Crippen molar-refractivity contribution in [1.82, 2.24) is 20.1 Å². The quantitative estimate of drug-likeness (QED) is 0.824. The maximum absolute atomic E-state index is 4.33. The second-order valence-corrected chi connectivity index (χ2v) is 4.96. The molecule has 2 heterocycles. The highest BCUT2D eigenvalue weighted by Gasteiger charge is 2.27. The number of nitrogens with one attached hydrogen (secondary N) is 1. The van der Waals surface area contributed by atoms with Gasteiger partial charge in [0.05, 0.1) is 0 Å². The van der Waals surface area contributed by atoms with Gasteiger partial charge in [-0.3, -0.25) is 4.68 Å². The summed E-state index contributed by atoms with van der Waals surface area (Å²) in [5, 5.41) is 7.59. The van der Waals surface area contributed by atoms with Gasteiger partial charge in [-0.25, -0.2) is 4.98 Å². The number of hydrogen-bond donors (Lipinski definition) is 1. The Morgan fingerprint density at radius 3 is 3.20 bits per heavy atom. The Bertz CT molecular complexity index is 312. The van der Waals surface area contributed by atoms with Crippen molar-refractivity contribution < 1.29 is 0 Å². The molecule has 1 aromatic heterocycles. The van der Waals surface area contributed by atoms with E-state index in [2.05, 4.69) is 22.3 Å². The van der Waals surface area contributed by atoms with Crippen molar-refractivity contribution in [3.05, 3.63) is 12.2 Å². The van der Waals surface area contributed by atoms with Crippen LogP contribution in [0.25, 0.3) is 0 Å². The normalized spacial score (nSPS) is 26.0. The van der Waals surface area contributed by atoms with Crippen molar-refractivity contribution in [3.8, 4) is 0 Å². The van der Waals surface area contributed by atoms with Gasteiger partial charge in [-0.15, -0.1) is 0 Å². The van der Waals surface area contributed by atoms with Crippen LogP contribution in [-0.2, 0) is 13.0 Å². The molecule has 2 unspecified atom stereocenters. The van der Waals surface area contributed by atoms with E-state index in [-0.39, 0.29) is 0 Å². The van der Waals surface area contributed by atoms with Crippen LogP contribution in [0.4, 0.5) is 0 Å². The van der Waals surface area contributed by atoms with Gasteiger partial charge in [-0.1, -0.05) is 0 Å². The van der Waals surface area contributed by atoms with Gasteiger partial charge in [-0.2, -0.15) is 16.9 Å². The molecule has 15 heavy (non-hydrogen) atoms. The van der Waals surface area contributed by atoms with E-state index in [1.54, 1.807) is 6.33 Å². The molecule has 1 fully saturated rings. The summed E-state index contributed by atoms with van der Waals surface area (Å²) in [6.45, 7) is 3.02. The zero-order chi connectivity index (χ0) is 10.7. The lowest BCUT2D eigenvalue weighted by Crippen LogP contribution is -2.34. The first-order chi connectivity index (χ1) is 7.35. The van der Waals surface area contributed by atoms with Crippen LogP contribution < -0.4 is 5.32 Å². The standard InChI is InChI=1S/C10H18N4S/c1-3-14-10(12-7-13-14)4-8-5-15-6-9(8)11-2/h7-9,11H,3-6H2,1-2H3. The summed E-state index contributed by atoms with van der Waals surface area (Å²) < 4.78 is 2.00. The molecule has 1 N–H and O–H groups in total. The Hall–Kier alpha value is -0.550. The average molecular weight is 226 g/mol. The van der Waals surface area contributed by atoms with Crippen molar-refractivity contribution in [2.24, 2.45) is 5.92 Å². The summed E-state index contributed by atoms with van der Waals surface area (Å²) in [5.74, 6) is 4.29. The predicted molar refractivity (Wildman–Crippen MR) is 63.1 cm³/mol. The Morgan fingerprint density at radius 2 is 2.47 bits per heavy atom. The van der Waals surface area contributed by atoms with Gasteiger partial charge in [0.25, 0.3) is 0 Å². The van der Waals surface area contributed by atoms with E-state index in [0.29, 0.717) is 12.0 Å². The molecule has 5 heteroatoms. The summed E-state index contributed by atoms with van der Waals surface area (Å²) in [6.07, 6.45) is 2.71. The molecule has 1 aliphatic rings. The van der Waals surface area contributed by atoms with Crippen LogP contribution in [0.3, 0.4) is 0 Å². The van der Waals surface area contributed by atoms with E-state index in [1.807, 2.05) is 23.5 Å². The maximum Gasteiger partial charge on any atom is 0.138 e. The van der Waals surface area contributed by atoms with Crippen LogP contribution >= 0.6 is 11.8 Å². The van der Waals surface area contributed by atoms with E-state index >= 15 is 0 Å². The molecule has 0 radical (unpaired) electrons. The minimum absolute atomic E-state index is 0.636. The fourth-order valence-electron chi connectivity index (χ4n) is 2.06. The van der Waals surface area contributed by atoms with Crippen LogP contribution in [0.5, 0.6) is 0 Å². The van der Waals surface area contributed by atoms with Crippen molar-refractivity contribution in [1.29, 1.82) is 0 Å². The highest BCUT2D eigenvalue weighted by Crippen LogP contribution is 2.26. The predicted octanol–water partition coefficient (Wildman–Crippen LogP) is 0.791. The van der Waals surface area contributed by atoms with Gasteiger partial charge in [0.2, 0.25) is 0 Å². The molecule has 0 spiro atoms. The molecule has 2 rings (SSSR count). The van der Waals surface area contributed by atoms with Crippen LogP contribution in [-0.4, -0.2) is 39.4 Å². The Morgan fingerprint density at radius 1 is 1.60 bits per heavy atom. The molecular formula is C10H18N4S. The first-order valence-corrected chi connectivity index (χ1v) is 6.62. The van der Waals surface area contributed by atoms with Gasteiger partial charge >= 0.3 is 0 Å². The fourth-order valence-corrected chi connectivity index (χ4v) is 3.55. The first-order valence-electron chi connectivity index (χ1n) is 5.46. The molecule has 2 atom stereocenters. The zero-order valence-corrected chi connectivity index (χ0v) is 10.1. The third-order valence-corrected chi connectivity index (χ3v) is 4.27. The molecule has 1 aromatic rings. The van der Waals surface area contributed by atoms with E-state index in [1.165, 1.54) is 11.5 Å². The smallest absolute Gasteiger partial charge is 0.138 e. The van der Waals surface area contributed by atoms with Crippen molar-refractivity contribution in [2.45, 2.75) is 25.9 Å². The summed E-state index contributed by atoms with van der Waals surface area (Å²) in [6, 6.07) is 0.636. The Kier molecular flexibility index (Phi) is 3.64. The zero-order valence-electron chi connectivity index (χ0n) is 9.31. The Balaban J connectivity index is 2.01. The lowest BCUT2D eigenvalue weighted by Gasteiger charge is -2.17. The minimum Gasteiger partial charge on any atom is -0.316 e.